The number of hydrogen-bond donors (Lipinski definition) is 1. The van der Waals surface area contributed by atoms with Crippen LogP contribution in [0.15, 0.2) is 60.5 Å². The summed E-state index contributed by atoms with van der Waals surface area (Å²) >= 11 is 0. The molecule has 0 fully saturated rings. The first-order chi connectivity index (χ1) is 12.2. The molecule has 4 heteroatoms. The summed E-state index contributed by atoms with van der Waals surface area (Å²) in [5.74, 6) is 0.279. The molecule has 0 amide bonds. The Morgan fingerprint density at radius 3 is 2.48 bits per heavy atom. The zero-order chi connectivity index (χ0) is 17.8. The van der Waals surface area contributed by atoms with Crippen LogP contribution in [0.4, 0.5) is 0 Å². The smallest absolute Gasteiger partial charge is 0.200 e. The molecule has 128 valence electrons. The maximum atomic E-state index is 12.3. The van der Waals surface area contributed by atoms with Crippen LogP contribution in [0.1, 0.15) is 49.1 Å². The third-order valence-electron chi connectivity index (χ3n) is 4.40. The second-order valence-corrected chi connectivity index (χ2v) is 6.04. The Kier molecular flexibility index (Phi) is 4.98. The van der Waals surface area contributed by atoms with Crippen molar-refractivity contribution >= 4 is 17.6 Å². The van der Waals surface area contributed by atoms with E-state index in [9.17, 15) is 9.59 Å². The van der Waals surface area contributed by atoms with Crippen LogP contribution in [-0.2, 0) is 14.3 Å². The Hall–Kier alpha value is -2.88. The van der Waals surface area contributed by atoms with Gasteiger partial charge in [0.15, 0.2) is 24.1 Å². The SMILES string of the molecule is CC[C@H](NC1=C(C(C)=O)c2ccccc2C(C=O)O1)c1ccccc1. The number of carbonyl (C=O) groups is 2. The Morgan fingerprint density at radius 2 is 1.84 bits per heavy atom. The molecule has 4 nitrogen and oxygen atoms in total. The standard InChI is InChI=1S/C21H21NO3/c1-3-18(15-9-5-4-6-10-15)22-21-20(14(2)24)17-12-8-7-11-16(17)19(13-23)25-21/h4-13,18-19,22H,3H2,1-2H3/t18-,19?/m0/s1. The van der Waals surface area contributed by atoms with Gasteiger partial charge in [-0.25, -0.2) is 0 Å². The lowest BCUT2D eigenvalue weighted by Gasteiger charge is -2.30. The van der Waals surface area contributed by atoms with Crippen LogP contribution >= 0.6 is 0 Å². The van der Waals surface area contributed by atoms with Crippen LogP contribution < -0.4 is 5.32 Å². The zero-order valence-electron chi connectivity index (χ0n) is 14.4. The van der Waals surface area contributed by atoms with Gasteiger partial charge < -0.3 is 10.1 Å². The molecule has 2 aromatic rings. The van der Waals surface area contributed by atoms with Crippen molar-refractivity contribution < 1.29 is 14.3 Å². The maximum Gasteiger partial charge on any atom is 0.200 e. The highest BCUT2D eigenvalue weighted by atomic mass is 16.5. The molecule has 0 aromatic heterocycles. The van der Waals surface area contributed by atoms with Crippen molar-refractivity contribution in [3.8, 4) is 0 Å². The predicted octanol–water partition coefficient (Wildman–Crippen LogP) is 3.96. The Bertz CT molecular complexity index is 811. The largest absolute Gasteiger partial charge is 0.463 e. The van der Waals surface area contributed by atoms with Gasteiger partial charge in [0.05, 0.1) is 11.6 Å². The molecule has 0 aliphatic carbocycles. The number of ether oxygens (including phenoxy) is 1. The summed E-state index contributed by atoms with van der Waals surface area (Å²) in [7, 11) is 0. The maximum absolute atomic E-state index is 12.3. The van der Waals surface area contributed by atoms with E-state index in [1.54, 1.807) is 0 Å². The molecule has 1 aliphatic heterocycles. The van der Waals surface area contributed by atoms with E-state index >= 15 is 0 Å². The second kappa shape index (κ2) is 7.34. The number of aldehydes is 1. The molecule has 1 aliphatic rings. The molecule has 0 radical (unpaired) electrons. The summed E-state index contributed by atoms with van der Waals surface area (Å²) in [6, 6.07) is 17.4. The minimum Gasteiger partial charge on any atom is -0.463 e. The first-order valence-corrected chi connectivity index (χ1v) is 8.43. The fourth-order valence-electron chi connectivity index (χ4n) is 3.17. The molecule has 25 heavy (non-hydrogen) atoms. The van der Waals surface area contributed by atoms with E-state index in [4.69, 9.17) is 4.74 Å². The van der Waals surface area contributed by atoms with Crippen molar-refractivity contribution in [2.45, 2.75) is 32.4 Å². The van der Waals surface area contributed by atoms with E-state index in [0.29, 0.717) is 11.5 Å². The average Bonchev–Trinajstić information content (AvgIpc) is 2.65. The lowest BCUT2D eigenvalue weighted by Crippen LogP contribution is -2.29. The summed E-state index contributed by atoms with van der Waals surface area (Å²) in [5, 5.41) is 3.34. The van der Waals surface area contributed by atoms with Gasteiger partial charge in [-0.05, 0) is 24.5 Å². The van der Waals surface area contributed by atoms with E-state index in [0.717, 1.165) is 29.4 Å². The Labute approximate surface area is 147 Å². The fourth-order valence-corrected chi connectivity index (χ4v) is 3.17. The van der Waals surface area contributed by atoms with Crippen LogP contribution in [0.5, 0.6) is 0 Å². The number of Topliss-reactive ketones (excluding diaryl/α,β-unsaturated/α-hetero) is 1. The van der Waals surface area contributed by atoms with Gasteiger partial charge in [-0.3, -0.25) is 9.59 Å². The van der Waals surface area contributed by atoms with E-state index in [-0.39, 0.29) is 11.8 Å². The number of fused-ring (bicyclic) bond motifs is 1. The molecule has 2 atom stereocenters. The van der Waals surface area contributed by atoms with Gasteiger partial charge in [0, 0.05) is 5.56 Å². The summed E-state index contributed by atoms with van der Waals surface area (Å²) < 4.78 is 5.87. The van der Waals surface area contributed by atoms with E-state index < -0.39 is 6.10 Å². The van der Waals surface area contributed by atoms with Gasteiger partial charge in [0.25, 0.3) is 0 Å². The molecule has 3 rings (SSSR count). The van der Waals surface area contributed by atoms with Gasteiger partial charge in [0.1, 0.15) is 0 Å². The molecule has 0 saturated carbocycles. The lowest BCUT2D eigenvalue weighted by atomic mass is 9.92. The van der Waals surface area contributed by atoms with Gasteiger partial charge in [-0.2, -0.15) is 0 Å². The summed E-state index contributed by atoms with van der Waals surface area (Å²) in [5.41, 5.74) is 3.07. The first kappa shape index (κ1) is 17.0. The minimum absolute atomic E-state index is 0.0110. The molecule has 0 spiro atoms. The third-order valence-corrected chi connectivity index (χ3v) is 4.40. The van der Waals surface area contributed by atoms with Crippen LogP contribution in [0.3, 0.4) is 0 Å². The van der Waals surface area contributed by atoms with Crippen molar-refractivity contribution in [2.75, 3.05) is 0 Å². The number of rotatable bonds is 6. The molecule has 2 aromatic carbocycles. The number of nitrogens with one attached hydrogen (secondary N) is 1. The van der Waals surface area contributed by atoms with Crippen LogP contribution in [-0.4, -0.2) is 12.1 Å². The fraction of sp³-hybridized carbons (Fsp3) is 0.238. The van der Waals surface area contributed by atoms with Crippen molar-refractivity contribution in [3.05, 3.63) is 77.2 Å². The number of carbonyl (C=O) groups excluding carboxylic acids is 2. The van der Waals surface area contributed by atoms with Gasteiger partial charge in [-0.15, -0.1) is 0 Å². The van der Waals surface area contributed by atoms with E-state index in [2.05, 4.69) is 12.2 Å². The number of hydrogen-bond acceptors (Lipinski definition) is 4. The van der Waals surface area contributed by atoms with Gasteiger partial charge in [0.2, 0.25) is 0 Å². The zero-order valence-corrected chi connectivity index (χ0v) is 14.4. The van der Waals surface area contributed by atoms with Crippen molar-refractivity contribution in [3.63, 3.8) is 0 Å². The highest BCUT2D eigenvalue weighted by Crippen LogP contribution is 2.36. The van der Waals surface area contributed by atoms with E-state index in [1.807, 2.05) is 54.6 Å². The van der Waals surface area contributed by atoms with E-state index in [1.165, 1.54) is 6.92 Å². The molecule has 0 bridgehead atoms. The minimum atomic E-state index is -0.713. The third kappa shape index (κ3) is 3.33. The van der Waals surface area contributed by atoms with Crippen molar-refractivity contribution in [1.29, 1.82) is 0 Å². The Balaban J connectivity index is 2.05. The van der Waals surface area contributed by atoms with Crippen LogP contribution in [0.25, 0.3) is 5.57 Å². The topological polar surface area (TPSA) is 55.4 Å². The normalized spacial score (nSPS) is 17.3. The summed E-state index contributed by atoms with van der Waals surface area (Å²) in [6.07, 6.45) is 0.867. The number of benzene rings is 2. The molecule has 1 heterocycles. The van der Waals surface area contributed by atoms with Crippen molar-refractivity contribution in [1.82, 2.24) is 5.32 Å². The molecule has 1 unspecified atom stereocenters. The molecular formula is C21H21NO3. The first-order valence-electron chi connectivity index (χ1n) is 8.43. The Morgan fingerprint density at radius 1 is 1.16 bits per heavy atom. The van der Waals surface area contributed by atoms with Crippen LogP contribution in [0, 0.1) is 0 Å². The highest BCUT2D eigenvalue weighted by Gasteiger charge is 2.30. The van der Waals surface area contributed by atoms with Crippen molar-refractivity contribution in [2.24, 2.45) is 0 Å². The summed E-state index contributed by atoms with van der Waals surface area (Å²) in [4.78, 5) is 23.8. The van der Waals surface area contributed by atoms with Crippen LogP contribution in [0.2, 0.25) is 0 Å². The number of allylic oxidation sites excluding steroid dienone is 1. The molecule has 1 N–H and O–H groups in total. The lowest BCUT2D eigenvalue weighted by molar-refractivity contribution is -0.117. The highest BCUT2D eigenvalue weighted by molar-refractivity contribution is 6.21. The second-order valence-electron chi connectivity index (χ2n) is 6.04. The van der Waals surface area contributed by atoms with Gasteiger partial charge in [-0.1, -0.05) is 61.5 Å². The number of ketones is 1. The summed E-state index contributed by atoms with van der Waals surface area (Å²) in [6.45, 7) is 3.58. The average molecular weight is 335 g/mol. The quantitative estimate of drug-likeness (QED) is 0.812. The molecule has 0 saturated heterocycles. The molecular weight excluding hydrogens is 314 g/mol. The van der Waals surface area contributed by atoms with Gasteiger partial charge >= 0.3 is 0 Å². The predicted molar refractivity (Wildman–Crippen MR) is 96.5 cm³/mol. The monoisotopic (exact) mass is 335 g/mol.